The van der Waals surface area contributed by atoms with E-state index in [0.29, 0.717) is 29.7 Å². The fraction of sp³-hybridized carbons (Fsp3) is 0.579. The minimum Gasteiger partial charge on any atom is -0.493 e. The Bertz CT molecular complexity index is 669. The molecular formula is C19H30N4O3S. The van der Waals surface area contributed by atoms with Gasteiger partial charge in [0.25, 0.3) is 0 Å². The number of rotatable bonds is 7. The van der Waals surface area contributed by atoms with Crippen LogP contribution in [0.3, 0.4) is 0 Å². The number of thiocarbonyl (C=S) groups is 1. The minimum absolute atomic E-state index is 0.0759. The zero-order valence-electron chi connectivity index (χ0n) is 16.6. The molecule has 1 aromatic rings. The summed E-state index contributed by atoms with van der Waals surface area (Å²) in [6.45, 7) is 6.63. The quantitative estimate of drug-likeness (QED) is 0.616. The third kappa shape index (κ3) is 5.15. The van der Waals surface area contributed by atoms with Crippen LogP contribution in [0.4, 0.5) is 4.79 Å². The van der Waals surface area contributed by atoms with Crippen LogP contribution in [0.5, 0.6) is 11.5 Å². The van der Waals surface area contributed by atoms with E-state index in [2.05, 4.69) is 27.8 Å². The van der Waals surface area contributed by atoms with Crippen molar-refractivity contribution in [2.24, 2.45) is 0 Å². The third-order valence-corrected chi connectivity index (χ3v) is 4.96. The van der Waals surface area contributed by atoms with Crippen LogP contribution in [0.2, 0.25) is 0 Å². The van der Waals surface area contributed by atoms with Gasteiger partial charge >= 0.3 is 6.03 Å². The summed E-state index contributed by atoms with van der Waals surface area (Å²) in [4.78, 5) is 14.1. The van der Waals surface area contributed by atoms with Crippen LogP contribution >= 0.6 is 12.2 Å². The van der Waals surface area contributed by atoms with Gasteiger partial charge in [0, 0.05) is 26.2 Å². The third-order valence-electron chi connectivity index (χ3n) is 4.58. The molecular weight excluding hydrogens is 364 g/mol. The Morgan fingerprint density at radius 1 is 1.19 bits per heavy atom. The predicted octanol–water partition coefficient (Wildman–Crippen LogP) is 2.21. The zero-order valence-corrected chi connectivity index (χ0v) is 17.4. The molecule has 7 nitrogen and oxygen atoms in total. The number of carbonyl (C=O) groups is 1. The summed E-state index contributed by atoms with van der Waals surface area (Å²) in [7, 11) is 3.26. The summed E-state index contributed by atoms with van der Waals surface area (Å²) in [5, 5.41) is 9.72. The Hall–Kier alpha value is -2.22. The molecule has 1 aliphatic rings. The number of fused-ring (bicyclic) bond motifs is 1. The van der Waals surface area contributed by atoms with E-state index in [4.69, 9.17) is 21.7 Å². The average Bonchev–Trinajstić information content (AvgIpc) is 2.68. The van der Waals surface area contributed by atoms with Gasteiger partial charge in [-0.25, -0.2) is 4.79 Å². The molecule has 2 amide bonds. The summed E-state index contributed by atoms with van der Waals surface area (Å²) < 4.78 is 10.9. The lowest BCUT2D eigenvalue weighted by Gasteiger charge is -2.39. The topological polar surface area (TPSA) is 74.9 Å². The highest BCUT2D eigenvalue weighted by atomic mass is 32.1. The molecule has 3 N–H and O–H groups in total. The molecule has 0 aliphatic carbocycles. The van der Waals surface area contributed by atoms with E-state index in [1.54, 1.807) is 14.2 Å². The van der Waals surface area contributed by atoms with Gasteiger partial charge < -0.3 is 30.3 Å². The highest BCUT2D eigenvalue weighted by Gasteiger charge is 2.30. The van der Waals surface area contributed by atoms with Crippen LogP contribution in [0.25, 0.3) is 0 Å². The number of carbonyl (C=O) groups excluding carboxylic acids is 1. The molecule has 1 aliphatic heterocycles. The van der Waals surface area contributed by atoms with Gasteiger partial charge in [0.05, 0.1) is 20.3 Å². The number of nitrogens with one attached hydrogen (secondary N) is 3. The molecule has 1 aromatic carbocycles. The number of ether oxygens (including phenoxy) is 2. The van der Waals surface area contributed by atoms with E-state index in [-0.39, 0.29) is 12.1 Å². The normalized spacial score (nSPS) is 15.6. The molecule has 0 aromatic heterocycles. The molecule has 1 heterocycles. The second kappa shape index (κ2) is 10.2. The van der Waals surface area contributed by atoms with Crippen LogP contribution in [-0.4, -0.2) is 56.4 Å². The zero-order chi connectivity index (χ0) is 19.8. The van der Waals surface area contributed by atoms with E-state index in [9.17, 15) is 4.79 Å². The van der Waals surface area contributed by atoms with E-state index in [0.717, 1.165) is 31.5 Å². The van der Waals surface area contributed by atoms with Crippen molar-refractivity contribution in [2.75, 3.05) is 40.4 Å². The first-order valence-corrected chi connectivity index (χ1v) is 9.77. The average molecular weight is 395 g/mol. The highest BCUT2D eigenvalue weighted by Crippen LogP contribution is 2.38. The van der Waals surface area contributed by atoms with Gasteiger partial charge in [0.2, 0.25) is 0 Å². The Labute approximate surface area is 166 Å². The molecule has 0 radical (unpaired) electrons. The molecule has 0 fully saturated rings. The van der Waals surface area contributed by atoms with Crippen molar-refractivity contribution in [1.82, 2.24) is 20.9 Å². The lowest BCUT2D eigenvalue weighted by Crippen LogP contribution is -2.50. The maximum Gasteiger partial charge on any atom is 0.314 e. The number of nitrogens with zero attached hydrogens (tertiary/aromatic N) is 1. The summed E-state index contributed by atoms with van der Waals surface area (Å²) >= 11 is 5.62. The molecule has 150 valence electrons. The Morgan fingerprint density at radius 2 is 1.89 bits per heavy atom. The number of methoxy groups -OCH3 is 2. The number of benzene rings is 1. The summed E-state index contributed by atoms with van der Waals surface area (Å²) in [5.41, 5.74) is 2.28. The molecule has 1 atom stereocenters. The van der Waals surface area contributed by atoms with Crippen molar-refractivity contribution < 1.29 is 14.3 Å². The van der Waals surface area contributed by atoms with Gasteiger partial charge in [0.15, 0.2) is 16.6 Å². The Balaban J connectivity index is 2.32. The number of amides is 2. The largest absolute Gasteiger partial charge is 0.493 e. The molecule has 2 rings (SSSR count). The fourth-order valence-corrected chi connectivity index (χ4v) is 3.56. The summed E-state index contributed by atoms with van der Waals surface area (Å²) in [6.07, 6.45) is 1.85. The van der Waals surface area contributed by atoms with Crippen molar-refractivity contribution >= 4 is 23.4 Å². The van der Waals surface area contributed by atoms with Crippen molar-refractivity contribution in [3.05, 3.63) is 23.3 Å². The first-order chi connectivity index (χ1) is 13.0. The molecule has 0 bridgehead atoms. The van der Waals surface area contributed by atoms with Crippen molar-refractivity contribution in [3.63, 3.8) is 0 Å². The van der Waals surface area contributed by atoms with Gasteiger partial charge in [-0.05, 0) is 55.2 Å². The van der Waals surface area contributed by atoms with Crippen LogP contribution in [-0.2, 0) is 6.42 Å². The van der Waals surface area contributed by atoms with Crippen LogP contribution in [0.15, 0.2) is 12.1 Å². The van der Waals surface area contributed by atoms with Gasteiger partial charge in [0.1, 0.15) is 0 Å². The lowest BCUT2D eigenvalue weighted by molar-refractivity contribution is 0.233. The van der Waals surface area contributed by atoms with E-state index in [1.165, 1.54) is 5.56 Å². The maximum absolute atomic E-state index is 11.9. The van der Waals surface area contributed by atoms with Crippen molar-refractivity contribution in [1.29, 1.82) is 0 Å². The summed E-state index contributed by atoms with van der Waals surface area (Å²) in [5.74, 6) is 1.39. The van der Waals surface area contributed by atoms with Crippen molar-refractivity contribution in [3.8, 4) is 11.5 Å². The second-order valence-electron chi connectivity index (χ2n) is 6.34. The first-order valence-electron chi connectivity index (χ1n) is 9.36. The van der Waals surface area contributed by atoms with Crippen molar-refractivity contribution in [2.45, 2.75) is 32.7 Å². The predicted molar refractivity (Wildman–Crippen MR) is 111 cm³/mol. The van der Waals surface area contributed by atoms with E-state index < -0.39 is 0 Å². The molecule has 8 heteroatoms. The van der Waals surface area contributed by atoms with Gasteiger partial charge in [-0.15, -0.1) is 0 Å². The van der Waals surface area contributed by atoms with Crippen LogP contribution in [0, 0.1) is 0 Å². The number of urea groups is 1. The first kappa shape index (κ1) is 21.1. The molecule has 27 heavy (non-hydrogen) atoms. The Kier molecular flexibility index (Phi) is 7.97. The molecule has 0 unspecified atom stereocenters. The maximum atomic E-state index is 11.9. The monoisotopic (exact) mass is 394 g/mol. The molecule has 0 saturated heterocycles. The smallest absolute Gasteiger partial charge is 0.314 e. The van der Waals surface area contributed by atoms with E-state index >= 15 is 0 Å². The highest BCUT2D eigenvalue weighted by molar-refractivity contribution is 7.80. The standard InChI is InChI=1S/C19H30N4O3S/c1-5-8-21-19(27)23-9-7-13-10-16(25-3)17(26-4)11-14(13)15(23)12-22-18(24)20-6-2/h10-11,15H,5-9,12H2,1-4H3,(H,21,27)(H2,20,22,24)/t15-/m0/s1. The number of hydrogen-bond donors (Lipinski definition) is 3. The summed E-state index contributed by atoms with van der Waals surface area (Å²) in [6, 6.07) is 3.76. The lowest BCUT2D eigenvalue weighted by atomic mass is 9.92. The van der Waals surface area contributed by atoms with Crippen LogP contribution < -0.4 is 25.4 Å². The molecule has 0 spiro atoms. The SMILES string of the molecule is CCCNC(=S)N1CCc2cc(OC)c(OC)cc2[C@@H]1CNC(=O)NCC. The Morgan fingerprint density at radius 3 is 2.52 bits per heavy atom. The second-order valence-corrected chi connectivity index (χ2v) is 6.72. The fourth-order valence-electron chi connectivity index (χ4n) is 3.24. The van der Waals surface area contributed by atoms with Gasteiger partial charge in [-0.2, -0.15) is 0 Å². The van der Waals surface area contributed by atoms with Gasteiger partial charge in [-0.1, -0.05) is 6.92 Å². The van der Waals surface area contributed by atoms with E-state index in [1.807, 2.05) is 19.1 Å². The minimum atomic E-state index is -0.183. The van der Waals surface area contributed by atoms with Crippen LogP contribution in [0.1, 0.15) is 37.4 Å². The van der Waals surface area contributed by atoms with Gasteiger partial charge in [-0.3, -0.25) is 0 Å². The number of hydrogen-bond acceptors (Lipinski definition) is 4. The molecule has 0 saturated carbocycles.